The van der Waals surface area contributed by atoms with Gasteiger partial charge in [-0.1, -0.05) is 48.5 Å². The summed E-state index contributed by atoms with van der Waals surface area (Å²) in [5, 5.41) is 13.1. The number of hydrogen-bond donors (Lipinski definition) is 1. The average Bonchev–Trinajstić information content (AvgIpc) is 3.02. The SMILES string of the molecule is COCCN1C(=O)c2c(O)c(=O)ccn2N(C2c3ccccc3CCc3ccccc32)C12CN(C)C2. The van der Waals surface area contributed by atoms with E-state index in [1.807, 2.05) is 7.05 Å². The number of rotatable bonds is 4. The number of aromatic hydroxyl groups is 1. The summed E-state index contributed by atoms with van der Waals surface area (Å²) in [7, 11) is 3.65. The van der Waals surface area contributed by atoms with Crippen molar-refractivity contribution in [3.8, 4) is 5.75 Å². The maximum Gasteiger partial charge on any atom is 0.278 e. The fourth-order valence-corrected chi connectivity index (χ4v) is 6.29. The van der Waals surface area contributed by atoms with E-state index in [2.05, 4.69) is 58.4 Å². The first-order valence-corrected chi connectivity index (χ1v) is 12.4. The first-order chi connectivity index (χ1) is 17.5. The highest BCUT2D eigenvalue weighted by Crippen LogP contribution is 2.45. The van der Waals surface area contributed by atoms with Gasteiger partial charge in [0.05, 0.1) is 12.6 Å². The summed E-state index contributed by atoms with van der Waals surface area (Å²) in [4.78, 5) is 30.4. The van der Waals surface area contributed by atoms with Crippen molar-refractivity contribution in [1.29, 1.82) is 0 Å². The average molecular weight is 487 g/mol. The molecule has 1 saturated heterocycles. The van der Waals surface area contributed by atoms with Gasteiger partial charge < -0.3 is 14.7 Å². The quantitative estimate of drug-likeness (QED) is 0.609. The molecule has 186 valence electrons. The summed E-state index contributed by atoms with van der Waals surface area (Å²) in [6, 6.07) is 18.0. The zero-order valence-corrected chi connectivity index (χ0v) is 20.6. The molecule has 1 spiro atoms. The van der Waals surface area contributed by atoms with E-state index in [0.29, 0.717) is 26.2 Å². The Morgan fingerprint density at radius 1 is 0.972 bits per heavy atom. The van der Waals surface area contributed by atoms with Gasteiger partial charge in [-0.2, -0.15) is 0 Å². The normalized spacial score (nSPS) is 18.9. The van der Waals surface area contributed by atoms with Gasteiger partial charge in [-0.3, -0.25) is 24.2 Å². The molecule has 0 atom stereocenters. The largest absolute Gasteiger partial charge is 0.502 e. The lowest BCUT2D eigenvalue weighted by Gasteiger charge is -2.64. The van der Waals surface area contributed by atoms with Crippen LogP contribution in [-0.4, -0.2) is 71.6 Å². The Hall–Kier alpha value is -3.62. The van der Waals surface area contributed by atoms with Crippen molar-refractivity contribution in [1.82, 2.24) is 14.5 Å². The number of fused-ring (bicyclic) bond motifs is 3. The zero-order valence-electron chi connectivity index (χ0n) is 20.6. The molecule has 8 heteroatoms. The maximum absolute atomic E-state index is 13.9. The van der Waals surface area contributed by atoms with Crippen molar-refractivity contribution in [3.63, 3.8) is 0 Å². The molecule has 3 aliphatic rings. The molecule has 3 aromatic rings. The summed E-state index contributed by atoms with van der Waals surface area (Å²) in [5.74, 6) is -0.880. The summed E-state index contributed by atoms with van der Waals surface area (Å²) < 4.78 is 7.11. The number of amides is 1. The Kier molecular flexibility index (Phi) is 5.39. The molecule has 0 radical (unpaired) electrons. The second kappa shape index (κ2) is 8.50. The molecule has 1 aliphatic carbocycles. The topological polar surface area (TPSA) is 78.2 Å². The second-order valence-corrected chi connectivity index (χ2v) is 9.97. The number of hydrogen-bond acceptors (Lipinski definition) is 6. The highest BCUT2D eigenvalue weighted by atomic mass is 16.5. The van der Waals surface area contributed by atoms with E-state index in [1.54, 1.807) is 22.9 Å². The van der Waals surface area contributed by atoms with E-state index in [9.17, 15) is 14.7 Å². The van der Waals surface area contributed by atoms with E-state index in [-0.39, 0.29) is 17.6 Å². The minimum atomic E-state index is -0.686. The number of aryl methyl sites for hydroxylation is 2. The number of carbonyl (C=O) groups is 1. The van der Waals surface area contributed by atoms with Crippen LogP contribution in [0.2, 0.25) is 0 Å². The van der Waals surface area contributed by atoms with Crippen LogP contribution in [0.1, 0.15) is 38.8 Å². The smallest absolute Gasteiger partial charge is 0.278 e. The molecule has 0 unspecified atom stereocenters. The van der Waals surface area contributed by atoms with Crippen LogP contribution >= 0.6 is 0 Å². The molecule has 2 aromatic carbocycles. The molecule has 1 fully saturated rings. The van der Waals surface area contributed by atoms with E-state index >= 15 is 0 Å². The lowest BCUT2D eigenvalue weighted by atomic mass is 9.87. The van der Waals surface area contributed by atoms with Crippen LogP contribution in [0.25, 0.3) is 0 Å². The third kappa shape index (κ3) is 3.21. The van der Waals surface area contributed by atoms with Gasteiger partial charge in [-0.05, 0) is 42.1 Å². The molecular formula is C28H30N4O4. The fourth-order valence-electron chi connectivity index (χ4n) is 6.29. The van der Waals surface area contributed by atoms with Crippen molar-refractivity contribution in [2.45, 2.75) is 24.5 Å². The molecule has 0 saturated carbocycles. The number of aromatic nitrogens is 1. The van der Waals surface area contributed by atoms with Crippen LogP contribution in [0.4, 0.5) is 0 Å². The fraction of sp³-hybridized carbons (Fsp3) is 0.357. The van der Waals surface area contributed by atoms with Crippen molar-refractivity contribution < 1.29 is 14.6 Å². The molecule has 3 heterocycles. The Morgan fingerprint density at radius 3 is 2.17 bits per heavy atom. The Labute approximate surface area is 209 Å². The van der Waals surface area contributed by atoms with Gasteiger partial charge in [0.15, 0.2) is 17.1 Å². The molecule has 6 rings (SSSR count). The summed E-state index contributed by atoms with van der Waals surface area (Å²) in [5.41, 5.74) is 3.60. The molecular weight excluding hydrogens is 456 g/mol. The van der Waals surface area contributed by atoms with Gasteiger partial charge in [0, 0.05) is 39.0 Å². The van der Waals surface area contributed by atoms with Gasteiger partial charge in [0.2, 0.25) is 5.43 Å². The maximum atomic E-state index is 13.9. The standard InChI is InChI=1S/C28H30N4O4/c1-29-17-28(18-29)30(15-16-36-2)27(35)25-26(34)23(33)13-14-31(25)32(28)24-21-9-5-3-7-19(21)11-12-20-8-4-6-10-22(20)24/h3-10,13-14,24,34H,11-12,15-18H2,1-2H3. The van der Waals surface area contributed by atoms with Crippen LogP contribution in [0.5, 0.6) is 5.75 Å². The molecule has 36 heavy (non-hydrogen) atoms. The molecule has 2 aliphatic heterocycles. The number of pyridine rings is 1. The number of benzene rings is 2. The van der Waals surface area contributed by atoms with Crippen LogP contribution in [0.3, 0.4) is 0 Å². The number of carbonyl (C=O) groups excluding carboxylic acids is 1. The molecule has 1 amide bonds. The van der Waals surface area contributed by atoms with Crippen molar-refractivity contribution in [2.75, 3.05) is 45.4 Å². The first-order valence-electron chi connectivity index (χ1n) is 12.4. The van der Waals surface area contributed by atoms with Crippen LogP contribution in [0, 0.1) is 0 Å². The van der Waals surface area contributed by atoms with Gasteiger partial charge >= 0.3 is 0 Å². The Morgan fingerprint density at radius 2 is 1.58 bits per heavy atom. The molecule has 8 nitrogen and oxygen atoms in total. The number of likely N-dealkylation sites (N-methyl/N-ethyl adjacent to an activating group) is 1. The zero-order chi connectivity index (χ0) is 25.0. The minimum Gasteiger partial charge on any atom is -0.502 e. The van der Waals surface area contributed by atoms with E-state index < -0.39 is 16.8 Å². The monoisotopic (exact) mass is 486 g/mol. The van der Waals surface area contributed by atoms with E-state index in [4.69, 9.17) is 4.74 Å². The first kappa shape index (κ1) is 22.8. The van der Waals surface area contributed by atoms with Gasteiger partial charge in [0.1, 0.15) is 0 Å². The molecule has 0 bridgehead atoms. The Bertz CT molecular complexity index is 1350. The van der Waals surface area contributed by atoms with Crippen molar-refractivity contribution in [3.05, 3.63) is 99.0 Å². The van der Waals surface area contributed by atoms with Crippen molar-refractivity contribution in [2.24, 2.45) is 0 Å². The Balaban J connectivity index is 1.67. The predicted molar refractivity (Wildman–Crippen MR) is 136 cm³/mol. The van der Waals surface area contributed by atoms with Crippen LogP contribution < -0.4 is 10.4 Å². The van der Waals surface area contributed by atoms with E-state index in [0.717, 1.165) is 12.8 Å². The van der Waals surface area contributed by atoms with Crippen LogP contribution in [-0.2, 0) is 17.6 Å². The number of methoxy groups -OCH3 is 1. The van der Waals surface area contributed by atoms with Gasteiger partial charge in [-0.15, -0.1) is 0 Å². The summed E-state index contributed by atoms with van der Waals surface area (Å²) >= 11 is 0. The van der Waals surface area contributed by atoms with Gasteiger partial charge in [0.25, 0.3) is 5.91 Å². The number of nitrogens with zero attached hydrogens (tertiary/aromatic N) is 4. The number of ether oxygens (including phenoxy) is 1. The lowest BCUT2D eigenvalue weighted by Crippen LogP contribution is -2.83. The van der Waals surface area contributed by atoms with E-state index in [1.165, 1.54) is 28.3 Å². The molecule has 1 aromatic heterocycles. The third-order valence-corrected chi connectivity index (χ3v) is 7.84. The predicted octanol–water partition coefficient (Wildman–Crippen LogP) is 2.12. The second-order valence-electron chi connectivity index (χ2n) is 9.97. The lowest BCUT2D eigenvalue weighted by molar-refractivity contribution is -0.0639. The van der Waals surface area contributed by atoms with Crippen LogP contribution in [0.15, 0.2) is 65.6 Å². The summed E-state index contributed by atoms with van der Waals surface area (Å²) in [6.07, 6.45) is 3.47. The number of likely N-dealkylation sites (tertiary alicyclic amines) is 1. The summed E-state index contributed by atoms with van der Waals surface area (Å²) in [6.45, 7) is 1.93. The highest BCUT2D eigenvalue weighted by Gasteiger charge is 2.59. The third-order valence-electron chi connectivity index (χ3n) is 7.84. The van der Waals surface area contributed by atoms with Gasteiger partial charge in [-0.25, -0.2) is 0 Å². The molecule has 1 N–H and O–H groups in total. The minimum absolute atomic E-state index is 0.00186. The van der Waals surface area contributed by atoms with Crippen molar-refractivity contribution >= 4 is 5.91 Å². The highest BCUT2D eigenvalue weighted by molar-refractivity contribution is 5.97.